The second kappa shape index (κ2) is 8.20. The van der Waals surface area contributed by atoms with E-state index in [1.165, 1.54) is 77.0 Å². The number of allylic oxidation sites excluding steroid dienone is 2. The maximum absolute atomic E-state index is 2.87. The largest absolute Gasteiger partial charge is 0.0844 e. The maximum atomic E-state index is 2.87. The van der Waals surface area contributed by atoms with Gasteiger partial charge in [-0.2, -0.15) is 0 Å². The lowest BCUT2D eigenvalue weighted by Gasteiger charge is -2.61. The molecule has 4 fully saturated rings. The van der Waals surface area contributed by atoms with E-state index in [-0.39, 0.29) is 0 Å². The fourth-order valence-corrected chi connectivity index (χ4v) is 10.8. The molecule has 1 spiro atoms. The van der Waals surface area contributed by atoms with Crippen LogP contribution in [0.25, 0.3) is 0 Å². The molecule has 5 rings (SSSR count). The first-order valence-corrected chi connectivity index (χ1v) is 14.5. The number of hydrogen-bond donors (Lipinski definition) is 0. The van der Waals surface area contributed by atoms with Gasteiger partial charge in [0.05, 0.1) is 0 Å². The lowest BCUT2D eigenvalue weighted by Crippen LogP contribution is -2.53. The van der Waals surface area contributed by atoms with Gasteiger partial charge in [-0.05, 0) is 110 Å². The lowest BCUT2D eigenvalue weighted by atomic mass is 9.43. The van der Waals surface area contributed by atoms with Gasteiger partial charge in [0, 0.05) is 0 Å². The van der Waals surface area contributed by atoms with Crippen LogP contribution in [0.4, 0.5) is 0 Å². The standard InChI is InChI=1S/C31H52/c1-22(2)10-8-11-23(3)25-13-14-26-24-12-15-28-30(5,27(24)16-21-29(25,26)4)17-9-20-31(28)18-6-7-19-31/h12,22-23,25-28H,6-11,13-21H2,1-5H3/t23-,25-,26+,27+,28?,29-,30-/m1/s1. The molecular weight excluding hydrogens is 372 g/mol. The highest BCUT2D eigenvalue weighted by molar-refractivity contribution is 5.29. The second-order valence-electron chi connectivity index (χ2n) is 14.1. The van der Waals surface area contributed by atoms with Gasteiger partial charge >= 0.3 is 0 Å². The van der Waals surface area contributed by atoms with E-state index in [4.69, 9.17) is 0 Å². The van der Waals surface area contributed by atoms with Crippen molar-refractivity contribution in [1.29, 1.82) is 0 Å². The van der Waals surface area contributed by atoms with Gasteiger partial charge in [-0.25, -0.2) is 0 Å². The van der Waals surface area contributed by atoms with Gasteiger partial charge in [0.25, 0.3) is 0 Å². The quantitative estimate of drug-likeness (QED) is 0.385. The molecule has 5 aliphatic carbocycles. The minimum atomic E-state index is 0.600. The van der Waals surface area contributed by atoms with Crippen LogP contribution in [-0.2, 0) is 0 Å². The molecular formula is C31H52. The van der Waals surface area contributed by atoms with Crippen LogP contribution < -0.4 is 0 Å². The molecule has 0 saturated heterocycles. The molecule has 176 valence electrons. The van der Waals surface area contributed by atoms with Crippen LogP contribution in [0.15, 0.2) is 11.6 Å². The molecule has 7 atom stereocenters. The zero-order valence-electron chi connectivity index (χ0n) is 21.6. The minimum Gasteiger partial charge on any atom is -0.0844 e. The molecule has 4 saturated carbocycles. The molecule has 0 radical (unpaired) electrons. The summed E-state index contributed by atoms with van der Waals surface area (Å²) in [5.41, 5.74) is 3.94. The third kappa shape index (κ3) is 3.51. The SMILES string of the molecule is CC(C)CCC[C@@H](C)[C@H]1CC[C@H]2C3=CCC4C5(CCCC5)CCC[C@]4(C)[C@H]3CC[C@]12C. The average Bonchev–Trinajstić information content (AvgIpc) is 3.32. The Kier molecular flexibility index (Phi) is 5.96. The Hall–Kier alpha value is -0.260. The molecule has 0 bridgehead atoms. The van der Waals surface area contributed by atoms with Crippen LogP contribution >= 0.6 is 0 Å². The number of fused-ring (bicyclic) bond motifs is 6. The molecule has 5 aliphatic rings. The highest BCUT2D eigenvalue weighted by Gasteiger charge is 2.61. The Balaban J connectivity index is 1.36. The molecule has 0 N–H and O–H groups in total. The van der Waals surface area contributed by atoms with Crippen LogP contribution in [0, 0.1) is 51.8 Å². The molecule has 0 aliphatic heterocycles. The molecule has 1 unspecified atom stereocenters. The van der Waals surface area contributed by atoms with Crippen molar-refractivity contribution >= 4 is 0 Å². The Morgan fingerprint density at radius 1 is 0.806 bits per heavy atom. The van der Waals surface area contributed by atoms with Crippen molar-refractivity contribution in [3.63, 3.8) is 0 Å². The Bertz CT molecular complexity index is 678. The highest BCUT2D eigenvalue weighted by Crippen LogP contribution is 2.70. The molecule has 0 aromatic rings. The normalized spacial score (nSPS) is 44.6. The summed E-state index contributed by atoms with van der Waals surface area (Å²) in [6.07, 6.45) is 25.4. The van der Waals surface area contributed by atoms with Gasteiger partial charge < -0.3 is 0 Å². The van der Waals surface area contributed by atoms with E-state index < -0.39 is 0 Å². The molecule has 0 aromatic carbocycles. The van der Waals surface area contributed by atoms with Crippen LogP contribution in [0.3, 0.4) is 0 Å². The first-order valence-electron chi connectivity index (χ1n) is 14.5. The minimum absolute atomic E-state index is 0.600. The second-order valence-corrected chi connectivity index (χ2v) is 14.1. The van der Waals surface area contributed by atoms with E-state index in [1.54, 1.807) is 19.3 Å². The predicted octanol–water partition coefficient (Wildman–Crippen LogP) is 9.59. The lowest BCUT2D eigenvalue weighted by molar-refractivity contribution is -0.0752. The van der Waals surface area contributed by atoms with E-state index in [9.17, 15) is 0 Å². The zero-order chi connectivity index (χ0) is 21.9. The zero-order valence-corrected chi connectivity index (χ0v) is 21.6. The van der Waals surface area contributed by atoms with Crippen LogP contribution in [0.5, 0.6) is 0 Å². The third-order valence-electron chi connectivity index (χ3n) is 12.2. The van der Waals surface area contributed by atoms with Crippen molar-refractivity contribution in [2.75, 3.05) is 0 Å². The fourth-order valence-electron chi connectivity index (χ4n) is 10.8. The van der Waals surface area contributed by atoms with Crippen LogP contribution in [0.2, 0.25) is 0 Å². The summed E-state index contributed by atoms with van der Waals surface area (Å²) >= 11 is 0. The number of hydrogen-bond acceptors (Lipinski definition) is 0. The van der Waals surface area contributed by atoms with Gasteiger partial charge in [0.2, 0.25) is 0 Å². The molecule has 0 heterocycles. The Morgan fingerprint density at radius 2 is 1.52 bits per heavy atom. The molecule has 0 nitrogen and oxygen atoms in total. The van der Waals surface area contributed by atoms with Crippen molar-refractivity contribution in [2.45, 2.75) is 131 Å². The summed E-state index contributed by atoms with van der Waals surface area (Å²) in [6.45, 7) is 12.9. The predicted molar refractivity (Wildman–Crippen MR) is 134 cm³/mol. The van der Waals surface area contributed by atoms with Crippen LogP contribution in [-0.4, -0.2) is 0 Å². The van der Waals surface area contributed by atoms with Crippen molar-refractivity contribution in [2.24, 2.45) is 51.8 Å². The van der Waals surface area contributed by atoms with Crippen molar-refractivity contribution in [3.05, 3.63) is 11.6 Å². The summed E-state index contributed by atoms with van der Waals surface area (Å²) < 4.78 is 0. The topological polar surface area (TPSA) is 0 Å². The van der Waals surface area contributed by atoms with E-state index in [0.717, 1.165) is 40.9 Å². The smallest absolute Gasteiger partial charge is 0.0143 e. The third-order valence-corrected chi connectivity index (χ3v) is 12.2. The summed E-state index contributed by atoms with van der Waals surface area (Å²) in [5, 5.41) is 0. The van der Waals surface area contributed by atoms with E-state index in [2.05, 4.69) is 40.7 Å². The summed E-state index contributed by atoms with van der Waals surface area (Å²) in [4.78, 5) is 0. The molecule has 0 heteroatoms. The molecule has 31 heavy (non-hydrogen) atoms. The van der Waals surface area contributed by atoms with Crippen molar-refractivity contribution < 1.29 is 0 Å². The van der Waals surface area contributed by atoms with Gasteiger partial charge in [-0.3, -0.25) is 0 Å². The first-order chi connectivity index (χ1) is 14.8. The molecule has 0 aromatic heterocycles. The summed E-state index contributed by atoms with van der Waals surface area (Å²) in [7, 11) is 0. The van der Waals surface area contributed by atoms with Gasteiger partial charge in [-0.1, -0.05) is 84.8 Å². The monoisotopic (exact) mass is 424 g/mol. The van der Waals surface area contributed by atoms with Gasteiger partial charge in [0.1, 0.15) is 0 Å². The maximum Gasteiger partial charge on any atom is -0.0143 e. The summed E-state index contributed by atoms with van der Waals surface area (Å²) in [6, 6.07) is 0. The summed E-state index contributed by atoms with van der Waals surface area (Å²) in [5.74, 6) is 5.62. The van der Waals surface area contributed by atoms with Crippen molar-refractivity contribution in [3.8, 4) is 0 Å². The Morgan fingerprint density at radius 3 is 2.26 bits per heavy atom. The number of rotatable bonds is 5. The highest BCUT2D eigenvalue weighted by atomic mass is 14.7. The first kappa shape index (κ1) is 22.5. The molecule has 0 amide bonds. The van der Waals surface area contributed by atoms with Gasteiger partial charge in [0.15, 0.2) is 0 Å². The fraction of sp³-hybridized carbons (Fsp3) is 0.935. The van der Waals surface area contributed by atoms with E-state index >= 15 is 0 Å². The van der Waals surface area contributed by atoms with Gasteiger partial charge in [-0.15, -0.1) is 0 Å². The van der Waals surface area contributed by atoms with E-state index in [1.807, 2.05) is 5.57 Å². The van der Waals surface area contributed by atoms with Crippen molar-refractivity contribution in [1.82, 2.24) is 0 Å². The van der Waals surface area contributed by atoms with E-state index in [0.29, 0.717) is 10.8 Å². The van der Waals surface area contributed by atoms with Crippen LogP contribution in [0.1, 0.15) is 131 Å². The average molecular weight is 425 g/mol. The Labute approximate surface area is 194 Å².